The average molecular weight is 412 g/mol. The van der Waals surface area contributed by atoms with Crippen molar-refractivity contribution in [2.45, 2.75) is 23.2 Å². The van der Waals surface area contributed by atoms with E-state index in [9.17, 15) is 13.2 Å². The Hall–Kier alpha value is -1.67. The first-order chi connectivity index (χ1) is 11.4. The van der Waals surface area contributed by atoms with E-state index in [1.807, 2.05) is 24.3 Å². The first kappa shape index (κ1) is 17.2. The number of carbonyl (C=O) groups excluding carboxylic acids is 1. The van der Waals surface area contributed by atoms with Crippen molar-refractivity contribution < 1.29 is 13.2 Å². The fourth-order valence-electron chi connectivity index (χ4n) is 2.71. The van der Waals surface area contributed by atoms with Crippen LogP contribution in [-0.4, -0.2) is 47.1 Å². The maximum absolute atomic E-state index is 12.5. The first-order valence-corrected chi connectivity index (χ1v) is 9.96. The SMILES string of the molecule is Cn1ccnc1S(=O)(=O)C1CN(C(=O)CCc2ccccc2Br)C1. The zero-order chi connectivity index (χ0) is 17.3. The Balaban J connectivity index is 1.56. The minimum absolute atomic E-state index is 0.0166. The van der Waals surface area contributed by atoms with E-state index >= 15 is 0 Å². The van der Waals surface area contributed by atoms with E-state index in [2.05, 4.69) is 20.9 Å². The molecule has 2 aromatic rings. The van der Waals surface area contributed by atoms with Gasteiger partial charge in [0.25, 0.3) is 0 Å². The smallest absolute Gasteiger partial charge is 0.227 e. The normalized spacial score (nSPS) is 15.3. The van der Waals surface area contributed by atoms with E-state index in [0.29, 0.717) is 12.8 Å². The van der Waals surface area contributed by atoms with Gasteiger partial charge >= 0.3 is 0 Å². The molecule has 0 saturated carbocycles. The third kappa shape index (κ3) is 3.25. The number of halogens is 1. The summed E-state index contributed by atoms with van der Waals surface area (Å²) in [5, 5.41) is -0.501. The molecule has 1 aliphatic rings. The summed E-state index contributed by atoms with van der Waals surface area (Å²) in [6, 6.07) is 7.78. The number of aryl methyl sites for hydroxylation is 2. The lowest BCUT2D eigenvalue weighted by atomic mass is 10.1. The third-order valence-corrected chi connectivity index (χ3v) is 7.09. The first-order valence-electron chi connectivity index (χ1n) is 7.62. The molecule has 1 saturated heterocycles. The Morgan fingerprint density at radius 2 is 2.04 bits per heavy atom. The number of likely N-dealkylation sites (tertiary alicyclic amines) is 1. The molecule has 0 bridgehead atoms. The lowest BCUT2D eigenvalue weighted by Crippen LogP contribution is -2.57. The molecule has 6 nitrogen and oxygen atoms in total. The molecule has 0 radical (unpaired) electrons. The summed E-state index contributed by atoms with van der Waals surface area (Å²) in [6.45, 7) is 0.480. The molecule has 0 atom stereocenters. The number of benzene rings is 1. The largest absolute Gasteiger partial charge is 0.340 e. The Bertz CT molecular complexity index is 857. The van der Waals surface area contributed by atoms with E-state index in [4.69, 9.17) is 0 Å². The van der Waals surface area contributed by atoms with Gasteiger partial charge in [0.1, 0.15) is 5.25 Å². The average Bonchev–Trinajstić information content (AvgIpc) is 2.91. The molecular weight excluding hydrogens is 394 g/mol. The fraction of sp³-hybridized carbons (Fsp3) is 0.375. The van der Waals surface area contributed by atoms with Crippen LogP contribution in [0.3, 0.4) is 0 Å². The van der Waals surface area contributed by atoms with E-state index in [1.165, 1.54) is 10.8 Å². The third-order valence-electron chi connectivity index (χ3n) is 4.24. The van der Waals surface area contributed by atoms with Gasteiger partial charge in [-0.3, -0.25) is 4.79 Å². The van der Waals surface area contributed by atoms with Crippen LogP contribution in [0.1, 0.15) is 12.0 Å². The Labute approximate surface area is 149 Å². The molecule has 1 aliphatic heterocycles. The Kier molecular flexibility index (Phi) is 4.78. The highest BCUT2D eigenvalue weighted by Crippen LogP contribution is 2.24. The second kappa shape index (κ2) is 6.68. The number of hydrogen-bond donors (Lipinski definition) is 0. The van der Waals surface area contributed by atoms with E-state index in [-0.39, 0.29) is 24.2 Å². The number of imidazole rings is 1. The zero-order valence-electron chi connectivity index (χ0n) is 13.2. The van der Waals surface area contributed by atoms with Crippen LogP contribution in [-0.2, 0) is 28.1 Å². The van der Waals surface area contributed by atoms with Crippen molar-refractivity contribution in [3.63, 3.8) is 0 Å². The summed E-state index contributed by atoms with van der Waals surface area (Å²) < 4.78 is 27.4. The van der Waals surface area contributed by atoms with Crippen molar-refractivity contribution in [3.05, 3.63) is 46.7 Å². The van der Waals surface area contributed by atoms with Gasteiger partial charge in [0.05, 0.1) is 0 Å². The van der Waals surface area contributed by atoms with Crippen molar-refractivity contribution in [1.82, 2.24) is 14.5 Å². The minimum atomic E-state index is -3.48. The number of carbonyl (C=O) groups is 1. The van der Waals surface area contributed by atoms with Gasteiger partial charge in [0.15, 0.2) is 0 Å². The summed E-state index contributed by atoms with van der Waals surface area (Å²) in [6.07, 6.45) is 4.07. The van der Waals surface area contributed by atoms with Gasteiger partial charge in [0, 0.05) is 43.4 Å². The second-order valence-corrected chi connectivity index (χ2v) is 8.85. The maximum Gasteiger partial charge on any atom is 0.227 e. The molecule has 128 valence electrons. The van der Waals surface area contributed by atoms with E-state index in [1.54, 1.807) is 18.1 Å². The van der Waals surface area contributed by atoms with Crippen molar-refractivity contribution >= 4 is 31.7 Å². The number of amides is 1. The molecule has 0 unspecified atom stereocenters. The predicted molar refractivity (Wildman–Crippen MR) is 93.2 cm³/mol. The molecule has 3 rings (SSSR count). The zero-order valence-corrected chi connectivity index (χ0v) is 15.6. The van der Waals surface area contributed by atoms with Crippen molar-refractivity contribution in [2.75, 3.05) is 13.1 Å². The molecule has 2 heterocycles. The summed E-state index contributed by atoms with van der Waals surface area (Å²) >= 11 is 3.47. The van der Waals surface area contributed by atoms with Gasteiger partial charge in [0.2, 0.25) is 20.9 Å². The van der Waals surface area contributed by atoms with E-state index in [0.717, 1.165) is 10.0 Å². The second-order valence-electron chi connectivity index (χ2n) is 5.88. The molecule has 8 heteroatoms. The summed E-state index contributed by atoms with van der Waals surface area (Å²) in [5.74, 6) is -0.0166. The number of hydrogen-bond acceptors (Lipinski definition) is 4. The predicted octanol–water partition coefficient (Wildman–Crippen LogP) is 1.80. The minimum Gasteiger partial charge on any atom is -0.340 e. The molecule has 0 aliphatic carbocycles. The molecule has 1 aromatic carbocycles. The summed E-state index contributed by atoms with van der Waals surface area (Å²) in [7, 11) is -1.83. The summed E-state index contributed by atoms with van der Waals surface area (Å²) in [4.78, 5) is 17.7. The monoisotopic (exact) mass is 411 g/mol. The van der Waals surface area contributed by atoms with Crippen LogP contribution in [0.15, 0.2) is 46.3 Å². The number of sulfone groups is 1. The quantitative estimate of drug-likeness (QED) is 0.751. The van der Waals surface area contributed by atoms with Crippen LogP contribution < -0.4 is 0 Å². The highest BCUT2D eigenvalue weighted by atomic mass is 79.9. The van der Waals surface area contributed by atoms with Gasteiger partial charge in [-0.2, -0.15) is 0 Å². The van der Waals surface area contributed by atoms with E-state index < -0.39 is 15.1 Å². The van der Waals surface area contributed by atoms with Gasteiger partial charge < -0.3 is 9.47 Å². The lowest BCUT2D eigenvalue weighted by molar-refractivity contribution is -0.134. The molecule has 1 amide bonds. The van der Waals surface area contributed by atoms with Gasteiger partial charge in [-0.1, -0.05) is 34.1 Å². The van der Waals surface area contributed by atoms with Gasteiger partial charge in [-0.15, -0.1) is 0 Å². The highest BCUT2D eigenvalue weighted by molar-refractivity contribution is 9.10. The molecule has 0 N–H and O–H groups in total. The molecule has 1 fully saturated rings. The molecule has 24 heavy (non-hydrogen) atoms. The van der Waals surface area contributed by atoms with Gasteiger partial charge in [-0.05, 0) is 18.1 Å². The summed E-state index contributed by atoms with van der Waals surface area (Å²) in [5.41, 5.74) is 1.07. The number of nitrogens with zero attached hydrogens (tertiary/aromatic N) is 3. The van der Waals surface area contributed by atoms with Crippen LogP contribution in [0.5, 0.6) is 0 Å². The van der Waals surface area contributed by atoms with Crippen molar-refractivity contribution in [3.8, 4) is 0 Å². The van der Waals surface area contributed by atoms with Crippen LogP contribution >= 0.6 is 15.9 Å². The number of aromatic nitrogens is 2. The van der Waals surface area contributed by atoms with Gasteiger partial charge in [-0.25, -0.2) is 13.4 Å². The van der Waals surface area contributed by atoms with Crippen LogP contribution in [0.25, 0.3) is 0 Å². The van der Waals surface area contributed by atoms with Crippen LogP contribution in [0, 0.1) is 0 Å². The highest BCUT2D eigenvalue weighted by Gasteiger charge is 2.42. The molecule has 1 aromatic heterocycles. The standard InChI is InChI=1S/C16H18BrN3O3S/c1-19-9-8-18-16(19)24(22,23)13-10-20(11-13)15(21)7-6-12-4-2-3-5-14(12)17/h2-5,8-9,13H,6-7,10-11H2,1H3. The fourth-order valence-corrected chi connectivity index (χ4v) is 4.92. The molecule has 0 spiro atoms. The van der Waals surface area contributed by atoms with Crippen LogP contribution in [0.4, 0.5) is 0 Å². The lowest BCUT2D eigenvalue weighted by Gasteiger charge is -2.38. The van der Waals surface area contributed by atoms with Crippen molar-refractivity contribution in [2.24, 2.45) is 7.05 Å². The topological polar surface area (TPSA) is 72.3 Å². The Morgan fingerprint density at radius 1 is 1.33 bits per heavy atom. The number of rotatable bonds is 5. The molecular formula is C16H18BrN3O3S. The van der Waals surface area contributed by atoms with Crippen molar-refractivity contribution in [1.29, 1.82) is 0 Å². The Morgan fingerprint density at radius 3 is 2.67 bits per heavy atom. The van der Waals surface area contributed by atoms with Crippen LogP contribution in [0.2, 0.25) is 0 Å². The maximum atomic E-state index is 12.5.